The maximum absolute atomic E-state index is 12.1. The average molecular weight is 304 g/mol. The fraction of sp³-hybridized carbons (Fsp3) is 0.529. The normalized spacial score (nSPS) is 17.9. The van der Waals surface area contributed by atoms with Gasteiger partial charge in [-0.15, -0.1) is 0 Å². The number of nitrogens with zero attached hydrogens (tertiary/aromatic N) is 1. The molecule has 1 atom stereocenters. The Morgan fingerprint density at radius 2 is 2.05 bits per heavy atom. The Kier molecular flexibility index (Phi) is 5.41. The summed E-state index contributed by atoms with van der Waals surface area (Å²) in [5.41, 5.74) is 0.842. The molecular formula is C17H24N2O3. The van der Waals surface area contributed by atoms with Crippen LogP contribution in [0.4, 0.5) is 5.69 Å². The molecular weight excluding hydrogens is 280 g/mol. The quantitative estimate of drug-likeness (QED) is 0.877. The Morgan fingerprint density at radius 1 is 1.36 bits per heavy atom. The Balaban J connectivity index is 1.95. The average Bonchev–Trinajstić information content (AvgIpc) is 2.79. The zero-order valence-electron chi connectivity index (χ0n) is 13.5. The number of anilines is 1. The highest BCUT2D eigenvalue weighted by molar-refractivity contribution is 5.96. The van der Waals surface area contributed by atoms with E-state index in [4.69, 9.17) is 4.74 Å². The van der Waals surface area contributed by atoms with Crippen LogP contribution in [0.2, 0.25) is 0 Å². The van der Waals surface area contributed by atoms with Crippen molar-refractivity contribution in [1.82, 2.24) is 5.32 Å². The Bertz CT molecular complexity index is 525. The van der Waals surface area contributed by atoms with Gasteiger partial charge in [-0.3, -0.25) is 9.59 Å². The van der Waals surface area contributed by atoms with Gasteiger partial charge in [-0.1, -0.05) is 13.8 Å². The number of carbonyl (C=O) groups is 2. The first kappa shape index (κ1) is 16.3. The molecule has 1 aliphatic rings. The monoisotopic (exact) mass is 304 g/mol. The van der Waals surface area contributed by atoms with Gasteiger partial charge in [0.1, 0.15) is 5.75 Å². The lowest BCUT2D eigenvalue weighted by Crippen LogP contribution is -2.37. The van der Waals surface area contributed by atoms with Crippen LogP contribution in [-0.4, -0.2) is 31.0 Å². The summed E-state index contributed by atoms with van der Waals surface area (Å²) in [6.07, 6.45) is 0.852. The van der Waals surface area contributed by atoms with Crippen molar-refractivity contribution in [1.29, 1.82) is 0 Å². The van der Waals surface area contributed by atoms with Crippen LogP contribution in [0.3, 0.4) is 0 Å². The molecule has 0 spiro atoms. The van der Waals surface area contributed by atoms with Crippen molar-refractivity contribution in [3.63, 3.8) is 0 Å². The zero-order valence-corrected chi connectivity index (χ0v) is 13.5. The largest absolute Gasteiger partial charge is 0.494 e. The third-order valence-electron chi connectivity index (χ3n) is 3.54. The van der Waals surface area contributed by atoms with Crippen LogP contribution in [0.15, 0.2) is 24.3 Å². The highest BCUT2D eigenvalue weighted by Crippen LogP contribution is 2.24. The van der Waals surface area contributed by atoms with Gasteiger partial charge in [-0.05, 0) is 37.1 Å². The molecule has 0 bridgehead atoms. The van der Waals surface area contributed by atoms with Crippen molar-refractivity contribution >= 4 is 17.5 Å². The predicted octanol–water partition coefficient (Wildman–Crippen LogP) is 2.35. The summed E-state index contributed by atoms with van der Waals surface area (Å²) in [5, 5.41) is 2.95. The van der Waals surface area contributed by atoms with Crippen LogP contribution in [0, 0.1) is 5.92 Å². The summed E-state index contributed by atoms with van der Waals surface area (Å²) < 4.78 is 5.40. The van der Waals surface area contributed by atoms with E-state index in [-0.39, 0.29) is 17.9 Å². The zero-order chi connectivity index (χ0) is 16.1. The van der Waals surface area contributed by atoms with Gasteiger partial charge in [0.05, 0.1) is 12.6 Å². The predicted molar refractivity (Wildman–Crippen MR) is 86.0 cm³/mol. The van der Waals surface area contributed by atoms with Crippen molar-refractivity contribution in [3.8, 4) is 5.75 Å². The molecule has 1 heterocycles. The second-order valence-corrected chi connectivity index (χ2v) is 6.00. The molecule has 120 valence electrons. The molecule has 1 N–H and O–H groups in total. The first-order valence-electron chi connectivity index (χ1n) is 7.82. The molecule has 1 aromatic rings. The van der Waals surface area contributed by atoms with E-state index in [1.54, 1.807) is 4.90 Å². The summed E-state index contributed by atoms with van der Waals surface area (Å²) >= 11 is 0. The van der Waals surface area contributed by atoms with Gasteiger partial charge in [0, 0.05) is 25.1 Å². The smallest absolute Gasteiger partial charge is 0.229 e. The molecule has 1 saturated heterocycles. The second-order valence-electron chi connectivity index (χ2n) is 6.00. The van der Waals surface area contributed by atoms with Crippen LogP contribution in [0.5, 0.6) is 5.75 Å². The van der Waals surface area contributed by atoms with E-state index in [0.29, 0.717) is 31.9 Å². The van der Waals surface area contributed by atoms with Gasteiger partial charge in [0.2, 0.25) is 11.8 Å². The van der Waals surface area contributed by atoms with E-state index in [2.05, 4.69) is 5.32 Å². The highest BCUT2D eigenvalue weighted by Gasteiger charge is 2.31. The van der Waals surface area contributed by atoms with E-state index in [1.165, 1.54) is 0 Å². The fourth-order valence-corrected chi connectivity index (χ4v) is 2.60. The molecule has 2 amide bonds. The van der Waals surface area contributed by atoms with Crippen molar-refractivity contribution in [2.45, 2.75) is 39.7 Å². The van der Waals surface area contributed by atoms with Gasteiger partial charge in [-0.25, -0.2) is 0 Å². The van der Waals surface area contributed by atoms with Gasteiger partial charge >= 0.3 is 0 Å². The molecule has 1 fully saturated rings. The summed E-state index contributed by atoms with van der Waals surface area (Å²) in [4.78, 5) is 25.7. The molecule has 2 rings (SSSR count). The molecule has 0 aliphatic carbocycles. The molecule has 0 aromatic heterocycles. The summed E-state index contributed by atoms with van der Waals surface area (Å²) in [5.74, 6) is 1.17. The molecule has 1 aliphatic heterocycles. The molecule has 1 aromatic carbocycles. The fourth-order valence-electron chi connectivity index (χ4n) is 2.60. The van der Waals surface area contributed by atoms with Crippen LogP contribution < -0.4 is 15.0 Å². The maximum atomic E-state index is 12.1. The van der Waals surface area contributed by atoms with Crippen LogP contribution in [0.1, 0.15) is 33.6 Å². The topological polar surface area (TPSA) is 58.6 Å². The molecule has 5 heteroatoms. The highest BCUT2D eigenvalue weighted by atomic mass is 16.5. The second kappa shape index (κ2) is 7.29. The van der Waals surface area contributed by atoms with E-state index < -0.39 is 0 Å². The number of ether oxygens (including phenoxy) is 1. The van der Waals surface area contributed by atoms with Gasteiger partial charge in [0.15, 0.2) is 0 Å². The number of benzene rings is 1. The number of carbonyl (C=O) groups excluding carboxylic acids is 2. The standard InChI is InChI=1S/C17H24N2O3/c1-4-22-15-7-5-14(6-8-15)19-11-13(10-17(19)21)18-16(20)9-12(2)3/h5-8,12-13H,4,9-11H2,1-3H3,(H,18,20). The first-order valence-corrected chi connectivity index (χ1v) is 7.82. The Morgan fingerprint density at radius 3 is 2.64 bits per heavy atom. The van der Waals surface area contributed by atoms with Gasteiger partial charge < -0.3 is 15.0 Å². The van der Waals surface area contributed by atoms with E-state index in [9.17, 15) is 9.59 Å². The Hall–Kier alpha value is -2.04. The number of amides is 2. The van der Waals surface area contributed by atoms with E-state index in [1.807, 2.05) is 45.0 Å². The summed E-state index contributed by atoms with van der Waals surface area (Å²) in [6.45, 7) is 7.09. The third kappa shape index (κ3) is 4.23. The minimum absolute atomic E-state index is 0.0151. The van der Waals surface area contributed by atoms with Crippen molar-refractivity contribution in [2.24, 2.45) is 5.92 Å². The SMILES string of the molecule is CCOc1ccc(N2CC(NC(=O)CC(C)C)CC2=O)cc1. The van der Waals surface area contributed by atoms with Crippen LogP contribution in [-0.2, 0) is 9.59 Å². The lowest BCUT2D eigenvalue weighted by atomic mass is 10.1. The maximum Gasteiger partial charge on any atom is 0.229 e. The van der Waals surface area contributed by atoms with E-state index >= 15 is 0 Å². The number of rotatable bonds is 6. The lowest BCUT2D eigenvalue weighted by molar-refractivity contribution is -0.122. The van der Waals surface area contributed by atoms with Crippen molar-refractivity contribution in [2.75, 3.05) is 18.1 Å². The minimum atomic E-state index is -0.106. The number of hydrogen-bond acceptors (Lipinski definition) is 3. The Labute approximate surface area is 131 Å². The van der Waals surface area contributed by atoms with Crippen molar-refractivity contribution in [3.05, 3.63) is 24.3 Å². The van der Waals surface area contributed by atoms with Gasteiger partial charge in [-0.2, -0.15) is 0 Å². The summed E-state index contributed by atoms with van der Waals surface area (Å²) in [6, 6.07) is 7.36. The van der Waals surface area contributed by atoms with Gasteiger partial charge in [0.25, 0.3) is 0 Å². The minimum Gasteiger partial charge on any atom is -0.494 e. The molecule has 0 saturated carbocycles. The van der Waals surface area contributed by atoms with Crippen LogP contribution in [0.25, 0.3) is 0 Å². The van der Waals surface area contributed by atoms with Crippen molar-refractivity contribution < 1.29 is 14.3 Å². The van der Waals surface area contributed by atoms with E-state index in [0.717, 1.165) is 11.4 Å². The number of nitrogens with one attached hydrogen (secondary N) is 1. The first-order chi connectivity index (χ1) is 10.5. The molecule has 22 heavy (non-hydrogen) atoms. The number of hydrogen-bond donors (Lipinski definition) is 1. The lowest BCUT2D eigenvalue weighted by Gasteiger charge is -2.18. The van der Waals surface area contributed by atoms with Crippen LogP contribution >= 0.6 is 0 Å². The third-order valence-corrected chi connectivity index (χ3v) is 3.54. The summed E-state index contributed by atoms with van der Waals surface area (Å²) in [7, 11) is 0. The molecule has 1 unspecified atom stereocenters. The molecule has 5 nitrogen and oxygen atoms in total. The molecule has 0 radical (unpaired) electrons.